The molecule has 702 valence electrons. The number of ether oxygens (including phenoxy) is 14. The van der Waals surface area contributed by atoms with Crippen LogP contribution in [0, 0.1) is 76.9 Å². The van der Waals surface area contributed by atoms with Gasteiger partial charge < -0.3 is 86.7 Å². The van der Waals surface area contributed by atoms with Gasteiger partial charge in [0.1, 0.15) is 36.3 Å². The van der Waals surface area contributed by atoms with E-state index in [1.54, 1.807) is 26.8 Å². The number of aliphatic carboxylic acids is 1. The summed E-state index contributed by atoms with van der Waals surface area (Å²) in [6.45, 7) is 28.2. The minimum Gasteiger partial charge on any atom is -0.498 e. The number of hydrogen-bond donors (Lipinski definition) is 2. The number of allylic oxidation sites excluding steroid dienone is 1. The molecule has 6 aliphatic carbocycles. The third-order valence-corrected chi connectivity index (χ3v) is 25.7. The summed E-state index contributed by atoms with van der Waals surface area (Å²) in [5.41, 5.74) is 7.60. The van der Waals surface area contributed by atoms with E-state index in [1.807, 2.05) is 48.5 Å². The van der Waals surface area contributed by atoms with Crippen LogP contribution >= 0.6 is 0 Å². The van der Waals surface area contributed by atoms with Gasteiger partial charge in [-0.2, -0.15) is 0 Å². The highest BCUT2D eigenvalue weighted by molar-refractivity contribution is 5.92. The van der Waals surface area contributed by atoms with Gasteiger partial charge in [0.15, 0.2) is 5.78 Å². The highest BCUT2D eigenvalue weighted by atomic mass is 16.6. The van der Waals surface area contributed by atoms with Gasteiger partial charge in [-0.1, -0.05) is 11.6 Å². The standard InChI is InChI=1S/C16H26O5.C15H24O4.C15H22O4.C14H22O5.C13H23NO3.C9H14O2.C8H12O2.C6H8O2/c1-4-20-16(18)13(9-15(17)19-3)12-7-10(2)21-14(8-12)11-5-6-11;2*1-3-18-15(17)13(6-7-16)12-8-10(2)19-14(9-12)11-4-5-11;1-8-5-10(6-12(19-8)9-3-4-9)11(14(16)17)7-13(15)18-2;1-3-16-13(15)12(14)10-6-8(2)17-11(7-10)9-4-5-9;1-6-4-8(10)5-9(11-6)7-2-3-7;1-3-8-5-7(9)4-6(2)10-8;1-5-4-6(7)2-3-8-5/h10-14H,4-9H2,1-3H3;7,10-14H,3-6,8-9H2,1-2H3;7,10-11,14H,3-6,8-9H2,1-2H3;8-12H,3-7H2,1-2H3,(H,16,17);8-12H,3-7,14H2,1-2H3;6-7,9H,2-5H2,1H3;3,6,8H,1,4-5H2,2H3;2-3,5H,4H2,1H3/b;;13-12-;;;;;/t10-,12+,13-,14+;10-,12+,13+,14+;10-,14+;8-,10+,11-,12+;8-,10+,11+,12+;6-,9+;6-,8-;5-/m11111111/s1. The van der Waals surface area contributed by atoms with Gasteiger partial charge in [-0.15, -0.1) is 6.58 Å². The van der Waals surface area contributed by atoms with Crippen LogP contribution in [-0.2, 0) is 124 Å². The van der Waals surface area contributed by atoms with Gasteiger partial charge in [0, 0.05) is 56.6 Å². The number of rotatable bonds is 28. The van der Waals surface area contributed by atoms with E-state index in [0.717, 1.165) is 75.9 Å². The number of hydrogen-bond acceptors (Lipinski definition) is 27. The Labute approximate surface area is 736 Å². The molecule has 8 aliphatic heterocycles. The number of nitrogens with two attached hydrogens (primary N) is 1. The third kappa shape index (κ3) is 37.2. The second kappa shape index (κ2) is 53.3. The molecule has 0 bridgehead atoms. The van der Waals surface area contributed by atoms with Crippen LogP contribution in [0.2, 0.25) is 0 Å². The Morgan fingerprint density at radius 2 is 0.806 bits per heavy atom. The maximum absolute atomic E-state index is 12.2. The lowest BCUT2D eigenvalue weighted by Gasteiger charge is -2.37. The third-order valence-electron chi connectivity index (χ3n) is 25.7. The van der Waals surface area contributed by atoms with Crippen LogP contribution in [0.4, 0.5) is 0 Å². The molecule has 7 saturated heterocycles. The number of ketones is 3. The van der Waals surface area contributed by atoms with E-state index in [0.29, 0.717) is 118 Å². The van der Waals surface area contributed by atoms with Crippen molar-refractivity contribution in [3.8, 4) is 0 Å². The van der Waals surface area contributed by atoms with Crippen LogP contribution in [0.1, 0.15) is 282 Å². The van der Waals surface area contributed by atoms with Crippen molar-refractivity contribution >= 4 is 71.7 Å². The highest BCUT2D eigenvalue weighted by Crippen LogP contribution is 2.48. The molecule has 14 rings (SSSR count). The number of methoxy groups -OCH3 is 2. The fourth-order valence-electron chi connectivity index (χ4n) is 18.5. The van der Waals surface area contributed by atoms with Crippen molar-refractivity contribution in [1.29, 1.82) is 0 Å². The Hall–Kier alpha value is -6.66. The number of carbonyl (C=O) groups is 12. The largest absolute Gasteiger partial charge is 0.498 e. The van der Waals surface area contributed by atoms with Gasteiger partial charge in [-0.05, 0) is 284 Å². The van der Waals surface area contributed by atoms with E-state index >= 15 is 0 Å². The van der Waals surface area contributed by atoms with Gasteiger partial charge in [0.2, 0.25) is 0 Å². The number of Topliss-reactive ketones (excluding diaryl/α,β-unsaturated/α-hetero) is 2. The van der Waals surface area contributed by atoms with Crippen molar-refractivity contribution in [1.82, 2.24) is 0 Å². The Kier molecular flexibility index (Phi) is 44.9. The molecule has 3 N–H and O–H groups in total. The van der Waals surface area contributed by atoms with E-state index in [2.05, 4.69) is 25.2 Å². The first-order valence-corrected chi connectivity index (χ1v) is 46.7. The molecular formula is C96H151NO27. The summed E-state index contributed by atoms with van der Waals surface area (Å²) in [5, 5.41) is 9.35. The molecular weight excluding hydrogens is 1600 g/mol. The van der Waals surface area contributed by atoms with Crippen LogP contribution in [0.15, 0.2) is 36.1 Å². The molecule has 28 heteroatoms. The second-order valence-corrected chi connectivity index (χ2v) is 36.9. The number of aldehydes is 2. The Balaban J connectivity index is 0.000000198. The monoisotopic (exact) mass is 1750 g/mol. The Bertz CT molecular complexity index is 3430. The summed E-state index contributed by atoms with van der Waals surface area (Å²) in [6.07, 6.45) is 34.9. The number of carboxylic acid groups (broad SMARTS) is 1. The summed E-state index contributed by atoms with van der Waals surface area (Å²) in [4.78, 5) is 136. The molecule has 0 amide bonds. The lowest BCUT2D eigenvalue weighted by molar-refractivity contribution is -0.160. The summed E-state index contributed by atoms with van der Waals surface area (Å²) in [7, 11) is 2.64. The van der Waals surface area contributed by atoms with Crippen molar-refractivity contribution in [3.05, 3.63) is 36.1 Å². The van der Waals surface area contributed by atoms with Gasteiger partial charge in [0.05, 0.1) is 163 Å². The van der Waals surface area contributed by atoms with Gasteiger partial charge in [-0.3, -0.25) is 43.2 Å². The number of carboxylic acids is 1. The lowest BCUT2D eigenvalue weighted by Crippen LogP contribution is -2.46. The molecule has 0 unspecified atom stereocenters. The van der Waals surface area contributed by atoms with Gasteiger partial charge in [-0.25, -0.2) is 4.79 Å². The molecule has 0 radical (unpaired) electrons. The minimum atomic E-state index is -0.904. The van der Waals surface area contributed by atoms with E-state index < -0.39 is 29.8 Å². The van der Waals surface area contributed by atoms with E-state index in [4.69, 9.17) is 67.3 Å². The highest BCUT2D eigenvalue weighted by Gasteiger charge is 2.48. The Morgan fingerprint density at radius 1 is 0.435 bits per heavy atom. The van der Waals surface area contributed by atoms with Gasteiger partial charge in [0.25, 0.3) is 0 Å². The summed E-state index contributed by atoms with van der Waals surface area (Å²) in [5.74, 6) is 1.19. The average Bonchev–Trinajstić information content (AvgIpc) is 1.66. The first kappa shape index (κ1) is 104. The summed E-state index contributed by atoms with van der Waals surface area (Å²) < 4.78 is 75.4. The molecule has 14 aliphatic rings. The smallest absolute Gasteiger partial charge is 0.334 e. The van der Waals surface area contributed by atoms with E-state index in [1.165, 1.54) is 104 Å². The first-order chi connectivity index (χ1) is 59.2. The van der Waals surface area contributed by atoms with Crippen LogP contribution in [0.25, 0.3) is 0 Å². The van der Waals surface area contributed by atoms with E-state index in [9.17, 15) is 62.6 Å². The average molecular weight is 1750 g/mol. The molecule has 0 aromatic rings. The van der Waals surface area contributed by atoms with Crippen molar-refractivity contribution in [3.63, 3.8) is 0 Å². The van der Waals surface area contributed by atoms with Crippen molar-refractivity contribution in [2.45, 2.75) is 380 Å². The fourth-order valence-corrected chi connectivity index (χ4v) is 18.5. The van der Waals surface area contributed by atoms with Crippen LogP contribution in [-0.4, -0.2) is 215 Å². The SMILES string of the molecule is C=C[C@@H]1CC(=O)C[C@@H](C)O1.CCOC(=O)/C(CC=O)=C1/C[C@@H](C)O[C@H](C2CC2)C1.CCOC(=O)[C@@H](CC=O)[C@H]1C[C@@H](C)O[C@H](C2CC2)C1.CCOC(=O)[C@@H](N)[C@H]1C[C@@H](C)O[C@H](C2CC2)C1.CCOC(=O)[C@H](CC(=O)OC)[C@H]1C[C@@H](C)O[C@H](C2CC2)C1.COC(=O)C[C@@H](C(=O)O)[C@H]1C[C@@H](C)O[C@H](C2CC2)C1.C[C@@H]1CC(=O)C=CO1.C[C@@H]1CC(=O)C[C@@H](C2CC2)O1. The summed E-state index contributed by atoms with van der Waals surface area (Å²) in [6, 6.07) is -0.484. The predicted molar refractivity (Wildman–Crippen MR) is 459 cm³/mol. The zero-order chi connectivity index (χ0) is 90.9. The molecule has 0 aromatic carbocycles. The fraction of sp³-hybridized carbons (Fsp3) is 0.812. The molecule has 23 atom stereocenters. The van der Waals surface area contributed by atoms with E-state index in [-0.39, 0.29) is 182 Å². The molecule has 0 spiro atoms. The van der Waals surface area contributed by atoms with Gasteiger partial charge >= 0.3 is 41.8 Å². The van der Waals surface area contributed by atoms with Crippen molar-refractivity contribution in [2.75, 3.05) is 40.6 Å². The second-order valence-electron chi connectivity index (χ2n) is 36.9. The molecule has 8 heterocycles. The predicted octanol–water partition coefficient (Wildman–Crippen LogP) is 14.1. The quantitative estimate of drug-likeness (QED) is 0.0241. The number of carbonyl (C=O) groups excluding carboxylic acids is 11. The summed E-state index contributed by atoms with van der Waals surface area (Å²) >= 11 is 0. The first-order valence-electron chi connectivity index (χ1n) is 46.7. The van der Waals surface area contributed by atoms with Crippen LogP contribution in [0.3, 0.4) is 0 Å². The Morgan fingerprint density at radius 3 is 1.19 bits per heavy atom. The normalized spacial score (nSPS) is 32.6. The molecule has 6 saturated carbocycles. The molecule has 28 nitrogen and oxygen atoms in total. The van der Waals surface area contributed by atoms with Crippen molar-refractivity contribution < 1.29 is 129 Å². The maximum atomic E-state index is 12.2. The van der Waals surface area contributed by atoms with Crippen molar-refractivity contribution in [2.24, 2.45) is 82.7 Å². The van der Waals surface area contributed by atoms with Crippen LogP contribution in [0.5, 0.6) is 0 Å². The number of esters is 6. The molecule has 0 aromatic heterocycles. The topological polar surface area (TPSA) is 380 Å². The lowest BCUT2D eigenvalue weighted by atomic mass is 9.79. The minimum absolute atomic E-state index is 0.00551. The maximum Gasteiger partial charge on any atom is 0.334 e. The zero-order valence-electron chi connectivity index (χ0n) is 76.7. The molecule has 13 fully saturated rings. The zero-order valence-corrected chi connectivity index (χ0v) is 76.7. The van der Waals surface area contributed by atoms with Crippen LogP contribution < -0.4 is 5.73 Å². The molecule has 124 heavy (non-hydrogen) atoms.